The van der Waals surface area contributed by atoms with E-state index in [2.05, 4.69) is 34.5 Å². The Labute approximate surface area is 129 Å². The lowest BCUT2D eigenvalue weighted by atomic mass is 9.96. The molecule has 0 radical (unpaired) electrons. The number of hydrogen-bond acceptors (Lipinski definition) is 2. The molecule has 2 fully saturated rings. The predicted molar refractivity (Wildman–Crippen MR) is 92.2 cm³/mol. The highest BCUT2D eigenvalue weighted by molar-refractivity contribution is 5.70. The van der Waals surface area contributed by atoms with E-state index in [4.69, 9.17) is 0 Å². The lowest BCUT2D eigenvalue weighted by Gasteiger charge is -2.32. The van der Waals surface area contributed by atoms with Crippen LogP contribution in [0, 0.1) is 0 Å². The van der Waals surface area contributed by atoms with Gasteiger partial charge in [-0.1, -0.05) is 44.2 Å². The van der Waals surface area contributed by atoms with Crippen molar-refractivity contribution in [3.63, 3.8) is 0 Å². The van der Waals surface area contributed by atoms with Crippen LogP contribution in [0.5, 0.6) is 0 Å². The summed E-state index contributed by atoms with van der Waals surface area (Å²) in [4.78, 5) is 2.58. The van der Waals surface area contributed by atoms with E-state index in [0.29, 0.717) is 6.04 Å². The van der Waals surface area contributed by atoms with Gasteiger partial charge in [0.1, 0.15) is 0 Å². The fraction of sp³-hybridized carbons (Fsp3) is 0.684. The first-order valence-electron chi connectivity index (χ1n) is 9.04. The first kappa shape index (κ1) is 14.7. The number of para-hydroxylation sites is 2. The number of benzene rings is 1. The molecule has 2 aliphatic rings. The van der Waals surface area contributed by atoms with Gasteiger partial charge < -0.3 is 10.2 Å². The molecule has 0 aromatic heterocycles. The Morgan fingerprint density at radius 2 is 1.38 bits per heavy atom. The average molecular weight is 286 g/mol. The van der Waals surface area contributed by atoms with Crippen molar-refractivity contribution in [2.45, 2.75) is 70.3 Å². The molecular weight excluding hydrogens is 256 g/mol. The third-order valence-electron chi connectivity index (χ3n) is 5.07. The maximum Gasteiger partial charge on any atom is 0.0602 e. The van der Waals surface area contributed by atoms with Gasteiger partial charge in [-0.2, -0.15) is 0 Å². The van der Waals surface area contributed by atoms with E-state index in [9.17, 15) is 0 Å². The van der Waals surface area contributed by atoms with Crippen LogP contribution >= 0.6 is 0 Å². The van der Waals surface area contributed by atoms with Crippen molar-refractivity contribution in [3.8, 4) is 0 Å². The highest BCUT2D eigenvalue weighted by atomic mass is 15.1. The minimum absolute atomic E-state index is 0.677. The Hall–Kier alpha value is -1.18. The van der Waals surface area contributed by atoms with E-state index >= 15 is 0 Å². The summed E-state index contributed by atoms with van der Waals surface area (Å²) < 4.78 is 0. The molecular formula is C19H30N2. The minimum Gasteiger partial charge on any atom is -0.381 e. The van der Waals surface area contributed by atoms with Crippen molar-refractivity contribution in [1.82, 2.24) is 0 Å². The molecule has 1 aromatic carbocycles. The van der Waals surface area contributed by atoms with E-state index in [-0.39, 0.29) is 0 Å². The summed E-state index contributed by atoms with van der Waals surface area (Å²) in [5.41, 5.74) is 2.80. The van der Waals surface area contributed by atoms with E-state index in [1.807, 2.05) is 0 Å². The van der Waals surface area contributed by atoms with Gasteiger partial charge in [0.15, 0.2) is 0 Å². The van der Waals surface area contributed by atoms with Gasteiger partial charge in [-0.15, -0.1) is 0 Å². The molecule has 1 saturated carbocycles. The highest BCUT2D eigenvalue weighted by Crippen LogP contribution is 2.30. The third-order valence-corrected chi connectivity index (χ3v) is 5.07. The molecule has 1 aliphatic heterocycles. The number of piperidine rings is 1. The Balaban J connectivity index is 1.68. The largest absolute Gasteiger partial charge is 0.381 e. The molecule has 2 nitrogen and oxygen atoms in total. The zero-order valence-corrected chi connectivity index (χ0v) is 13.3. The maximum atomic E-state index is 3.87. The van der Waals surface area contributed by atoms with Crippen LogP contribution in [0.3, 0.4) is 0 Å². The average Bonchev–Trinajstić information content (AvgIpc) is 2.51. The van der Waals surface area contributed by atoms with Gasteiger partial charge in [0.2, 0.25) is 0 Å². The number of nitrogens with zero attached hydrogens (tertiary/aromatic N) is 1. The number of anilines is 2. The summed E-state index contributed by atoms with van der Waals surface area (Å²) in [6.45, 7) is 2.45. The zero-order chi connectivity index (χ0) is 14.3. The quantitative estimate of drug-likeness (QED) is 0.821. The predicted octanol–water partition coefficient (Wildman–Crippen LogP) is 5.20. The number of hydrogen-bond donors (Lipinski definition) is 1. The number of rotatable bonds is 3. The smallest absolute Gasteiger partial charge is 0.0602 e. The van der Waals surface area contributed by atoms with Crippen molar-refractivity contribution >= 4 is 11.4 Å². The van der Waals surface area contributed by atoms with Crippen molar-refractivity contribution in [2.75, 3.05) is 23.3 Å². The van der Waals surface area contributed by atoms with Gasteiger partial charge in [0.05, 0.1) is 11.4 Å². The lowest BCUT2D eigenvalue weighted by Crippen LogP contribution is -2.31. The molecule has 0 amide bonds. The SMILES string of the molecule is c1ccc(N2CCCCC2)c(NC2CCCCCCC2)c1. The second-order valence-corrected chi connectivity index (χ2v) is 6.75. The number of nitrogens with one attached hydrogen (secondary N) is 1. The Morgan fingerprint density at radius 1 is 0.762 bits per heavy atom. The lowest BCUT2D eigenvalue weighted by molar-refractivity contribution is 0.471. The van der Waals surface area contributed by atoms with Gasteiger partial charge >= 0.3 is 0 Å². The molecule has 1 aliphatic carbocycles. The molecule has 0 spiro atoms. The summed E-state index contributed by atoms with van der Waals surface area (Å²) in [5.74, 6) is 0. The monoisotopic (exact) mass is 286 g/mol. The Bertz CT molecular complexity index is 415. The van der Waals surface area contributed by atoms with Crippen LogP contribution in [-0.2, 0) is 0 Å². The fourth-order valence-corrected chi connectivity index (χ4v) is 3.83. The van der Waals surface area contributed by atoms with Gasteiger partial charge in [-0.05, 0) is 44.2 Å². The molecule has 116 valence electrons. The normalized spacial score (nSPS) is 21.6. The van der Waals surface area contributed by atoms with Crippen LogP contribution in [0.2, 0.25) is 0 Å². The van der Waals surface area contributed by atoms with Gasteiger partial charge in [0, 0.05) is 19.1 Å². The van der Waals surface area contributed by atoms with Crippen LogP contribution in [0.15, 0.2) is 24.3 Å². The molecule has 21 heavy (non-hydrogen) atoms. The Kier molecular flexibility index (Phi) is 5.42. The molecule has 3 rings (SSSR count). The molecule has 2 heteroatoms. The van der Waals surface area contributed by atoms with Gasteiger partial charge in [-0.25, -0.2) is 0 Å². The molecule has 1 N–H and O–H groups in total. The first-order chi connectivity index (χ1) is 10.4. The molecule has 0 bridgehead atoms. The molecule has 0 atom stereocenters. The van der Waals surface area contributed by atoms with Gasteiger partial charge in [0.25, 0.3) is 0 Å². The molecule has 1 aromatic rings. The van der Waals surface area contributed by atoms with Crippen molar-refractivity contribution in [3.05, 3.63) is 24.3 Å². The highest BCUT2D eigenvalue weighted by Gasteiger charge is 2.17. The van der Waals surface area contributed by atoms with E-state index < -0.39 is 0 Å². The van der Waals surface area contributed by atoms with Crippen LogP contribution in [-0.4, -0.2) is 19.1 Å². The molecule has 1 heterocycles. The summed E-state index contributed by atoms with van der Waals surface area (Å²) in [6.07, 6.45) is 13.8. The van der Waals surface area contributed by atoms with E-state index in [0.717, 1.165) is 0 Å². The van der Waals surface area contributed by atoms with Crippen LogP contribution < -0.4 is 10.2 Å². The molecule has 0 unspecified atom stereocenters. The first-order valence-corrected chi connectivity index (χ1v) is 9.04. The van der Waals surface area contributed by atoms with Crippen LogP contribution in [0.1, 0.15) is 64.2 Å². The van der Waals surface area contributed by atoms with E-state index in [1.165, 1.54) is 88.7 Å². The summed E-state index contributed by atoms with van der Waals surface area (Å²) in [5, 5.41) is 3.87. The van der Waals surface area contributed by atoms with Gasteiger partial charge in [-0.3, -0.25) is 0 Å². The summed E-state index contributed by atoms with van der Waals surface area (Å²) in [6, 6.07) is 9.63. The van der Waals surface area contributed by atoms with Crippen LogP contribution in [0.25, 0.3) is 0 Å². The minimum atomic E-state index is 0.677. The second kappa shape index (κ2) is 7.72. The van der Waals surface area contributed by atoms with Crippen molar-refractivity contribution in [2.24, 2.45) is 0 Å². The van der Waals surface area contributed by atoms with Crippen LogP contribution in [0.4, 0.5) is 11.4 Å². The fourth-order valence-electron chi connectivity index (χ4n) is 3.83. The zero-order valence-electron chi connectivity index (χ0n) is 13.3. The summed E-state index contributed by atoms with van der Waals surface area (Å²) >= 11 is 0. The van der Waals surface area contributed by atoms with Crippen molar-refractivity contribution < 1.29 is 0 Å². The van der Waals surface area contributed by atoms with Crippen molar-refractivity contribution in [1.29, 1.82) is 0 Å². The second-order valence-electron chi connectivity index (χ2n) is 6.75. The Morgan fingerprint density at radius 3 is 2.14 bits per heavy atom. The third kappa shape index (κ3) is 4.15. The standard InChI is InChI=1S/C19H30N2/c1-2-5-11-17(12-6-3-1)20-18-13-7-8-14-19(18)21-15-9-4-10-16-21/h7-8,13-14,17,20H,1-6,9-12,15-16H2. The topological polar surface area (TPSA) is 15.3 Å². The molecule has 1 saturated heterocycles. The maximum absolute atomic E-state index is 3.87. The van der Waals surface area contributed by atoms with E-state index in [1.54, 1.807) is 0 Å². The summed E-state index contributed by atoms with van der Waals surface area (Å²) in [7, 11) is 0.